The topological polar surface area (TPSA) is 70.3 Å². The standard InChI is InChI=1S/C10H11N3O2S/c1-6-12-10(16-13-6)15-9-4-3-7(14-2)5-8(9)11/h3-5H,11H2,1-2H3. The molecule has 0 unspecified atom stereocenters. The second-order valence-electron chi connectivity index (χ2n) is 3.11. The third-order valence-electron chi connectivity index (χ3n) is 1.92. The highest BCUT2D eigenvalue weighted by molar-refractivity contribution is 7.07. The Morgan fingerprint density at radius 1 is 1.38 bits per heavy atom. The van der Waals surface area contributed by atoms with E-state index in [-0.39, 0.29) is 0 Å². The zero-order valence-corrected chi connectivity index (χ0v) is 9.75. The first-order valence-electron chi connectivity index (χ1n) is 4.60. The normalized spacial score (nSPS) is 10.1. The fourth-order valence-electron chi connectivity index (χ4n) is 1.16. The summed E-state index contributed by atoms with van der Waals surface area (Å²) in [6, 6.07) is 5.22. The van der Waals surface area contributed by atoms with Gasteiger partial charge in [-0.3, -0.25) is 0 Å². The van der Waals surface area contributed by atoms with Crippen molar-refractivity contribution in [1.29, 1.82) is 0 Å². The molecule has 1 aromatic carbocycles. The summed E-state index contributed by atoms with van der Waals surface area (Å²) in [5.41, 5.74) is 6.31. The van der Waals surface area contributed by atoms with Gasteiger partial charge in [0, 0.05) is 17.6 Å². The molecule has 1 heterocycles. The molecule has 5 nitrogen and oxygen atoms in total. The Hall–Kier alpha value is -1.82. The predicted molar refractivity (Wildman–Crippen MR) is 62.1 cm³/mol. The molecule has 0 saturated carbocycles. The lowest BCUT2D eigenvalue weighted by Crippen LogP contribution is -1.93. The van der Waals surface area contributed by atoms with E-state index < -0.39 is 0 Å². The van der Waals surface area contributed by atoms with Crippen LogP contribution in [0.4, 0.5) is 5.69 Å². The maximum Gasteiger partial charge on any atom is 0.298 e. The molecule has 16 heavy (non-hydrogen) atoms. The van der Waals surface area contributed by atoms with Gasteiger partial charge in [-0.25, -0.2) is 0 Å². The van der Waals surface area contributed by atoms with Gasteiger partial charge in [0.15, 0.2) is 5.75 Å². The molecule has 2 N–H and O–H groups in total. The molecule has 2 rings (SSSR count). The van der Waals surface area contributed by atoms with Gasteiger partial charge >= 0.3 is 0 Å². The Kier molecular flexibility index (Phi) is 2.91. The number of hydrogen-bond acceptors (Lipinski definition) is 6. The van der Waals surface area contributed by atoms with E-state index in [0.29, 0.717) is 28.2 Å². The number of benzene rings is 1. The molecule has 0 atom stereocenters. The van der Waals surface area contributed by atoms with Crippen LogP contribution in [-0.2, 0) is 0 Å². The lowest BCUT2D eigenvalue weighted by Gasteiger charge is -2.06. The average molecular weight is 237 g/mol. The van der Waals surface area contributed by atoms with Gasteiger partial charge in [0.2, 0.25) is 0 Å². The van der Waals surface area contributed by atoms with Crippen molar-refractivity contribution in [3.05, 3.63) is 24.0 Å². The van der Waals surface area contributed by atoms with E-state index in [4.69, 9.17) is 15.2 Å². The van der Waals surface area contributed by atoms with Gasteiger partial charge in [0.05, 0.1) is 12.8 Å². The Morgan fingerprint density at radius 2 is 2.19 bits per heavy atom. The third kappa shape index (κ3) is 2.22. The zero-order valence-electron chi connectivity index (χ0n) is 8.93. The van der Waals surface area contributed by atoms with Crippen molar-refractivity contribution in [3.63, 3.8) is 0 Å². The lowest BCUT2D eigenvalue weighted by atomic mass is 10.3. The van der Waals surface area contributed by atoms with E-state index in [1.54, 1.807) is 32.2 Å². The number of ether oxygens (including phenoxy) is 2. The van der Waals surface area contributed by atoms with Gasteiger partial charge in [0.1, 0.15) is 11.6 Å². The molecular weight excluding hydrogens is 226 g/mol. The van der Waals surface area contributed by atoms with Gasteiger partial charge < -0.3 is 15.2 Å². The highest BCUT2D eigenvalue weighted by Crippen LogP contribution is 2.31. The summed E-state index contributed by atoms with van der Waals surface area (Å²) in [6.07, 6.45) is 0. The molecule has 0 aliphatic rings. The Balaban J connectivity index is 2.21. The summed E-state index contributed by atoms with van der Waals surface area (Å²) < 4.78 is 14.6. The van der Waals surface area contributed by atoms with E-state index in [0.717, 1.165) is 0 Å². The fraction of sp³-hybridized carbons (Fsp3) is 0.200. The van der Waals surface area contributed by atoms with Crippen LogP contribution in [-0.4, -0.2) is 16.5 Å². The monoisotopic (exact) mass is 237 g/mol. The van der Waals surface area contributed by atoms with E-state index in [9.17, 15) is 0 Å². The smallest absolute Gasteiger partial charge is 0.298 e. The molecule has 2 aromatic rings. The minimum Gasteiger partial charge on any atom is -0.497 e. The van der Waals surface area contributed by atoms with Gasteiger partial charge in [-0.05, 0) is 19.1 Å². The maximum absolute atomic E-state index is 5.80. The highest BCUT2D eigenvalue weighted by Gasteiger charge is 2.07. The molecule has 0 aliphatic heterocycles. The van der Waals surface area contributed by atoms with Crippen LogP contribution in [0, 0.1) is 6.92 Å². The van der Waals surface area contributed by atoms with Crippen LogP contribution >= 0.6 is 11.5 Å². The number of anilines is 1. The number of nitrogen functional groups attached to an aromatic ring is 1. The van der Waals surface area contributed by atoms with Crippen LogP contribution < -0.4 is 15.2 Å². The number of nitrogens with two attached hydrogens (primary N) is 1. The van der Waals surface area contributed by atoms with Gasteiger partial charge in [-0.15, -0.1) is 0 Å². The van der Waals surface area contributed by atoms with Crippen LogP contribution in [0.1, 0.15) is 5.82 Å². The Labute approximate surface area is 97.0 Å². The predicted octanol–water partition coefficient (Wildman–Crippen LogP) is 2.23. The maximum atomic E-state index is 5.80. The first-order valence-corrected chi connectivity index (χ1v) is 5.38. The molecule has 6 heteroatoms. The summed E-state index contributed by atoms with van der Waals surface area (Å²) in [5.74, 6) is 1.93. The molecule has 0 saturated heterocycles. The second kappa shape index (κ2) is 4.36. The number of hydrogen-bond donors (Lipinski definition) is 1. The zero-order chi connectivity index (χ0) is 11.5. The molecule has 0 fully saturated rings. The Morgan fingerprint density at radius 3 is 2.75 bits per heavy atom. The number of aromatic nitrogens is 2. The summed E-state index contributed by atoms with van der Waals surface area (Å²) >= 11 is 1.19. The highest BCUT2D eigenvalue weighted by atomic mass is 32.1. The van der Waals surface area contributed by atoms with Crippen molar-refractivity contribution < 1.29 is 9.47 Å². The third-order valence-corrected chi connectivity index (χ3v) is 2.61. The van der Waals surface area contributed by atoms with Gasteiger partial charge in [-0.2, -0.15) is 9.36 Å². The number of rotatable bonds is 3. The summed E-state index contributed by atoms with van der Waals surface area (Å²) in [6.45, 7) is 1.81. The summed E-state index contributed by atoms with van der Waals surface area (Å²) in [4.78, 5) is 4.09. The first-order chi connectivity index (χ1) is 7.69. The van der Waals surface area contributed by atoms with Crippen LogP contribution in [0.3, 0.4) is 0 Å². The van der Waals surface area contributed by atoms with Crippen LogP contribution in [0.5, 0.6) is 16.7 Å². The van der Waals surface area contributed by atoms with Gasteiger partial charge in [-0.1, -0.05) is 0 Å². The van der Waals surface area contributed by atoms with Crippen molar-refractivity contribution in [3.8, 4) is 16.7 Å². The molecule has 0 spiro atoms. The van der Waals surface area contributed by atoms with Crippen molar-refractivity contribution in [1.82, 2.24) is 9.36 Å². The minimum absolute atomic E-state index is 0.481. The molecule has 84 valence electrons. The van der Waals surface area contributed by atoms with Crippen LogP contribution in [0.2, 0.25) is 0 Å². The minimum atomic E-state index is 0.481. The molecule has 0 radical (unpaired) electrons. The average Bonchev–Trinajstić information content (AvgIpc) is 2.67. The number of nitrogens with zero attached hydrogens (tertiary/aromatic N) is 2. The van der Waals surface area contributed by atoms with Crippen molar-refractivity contribution >= 4 is 17.2 Å². The van der Waals surface area contributed by atoms with Gasteiger partial charge in [0.25, 0.3) is 5.19 Å². The number of methoxy groups -OCH3 is 1. The fourth-order valence-corrected chi connectivity index (χ4v) is 1.71. The molecule has 1 aromatic heterocycles. The van der Waals surface area contributed by atoms with E-state index >= 15 is 0 Å². The largest absolute Gasteiger partial charge is 0.497 e. The SMILES string of the molecule is COc1ccc(Oc2nc(C)ns2)c(N)c1. The Bertz CT molecular complexity index is 499. The summed E-state index contributed by atoms with van der Waals surface area (Å²) in [7, 11) is 1.59. The first kappa shape index (κ1) is 10.7. The van der Waals surface area contributed by atoms with E-state index in [2.05, 4.69) is 9.36 Å². The summed E-state index contributed by atoms with van der Waals surface area (Å²) in [5, 5.41) is 0.481. The van der Waals surface area contributed by atoms with E-state index in [1.807, 2.05) is 0 Å². The number of aryl methyl sites for hydroxylation is 1. The van der Waals surface area contributed by atoms with Crippen LogP contribution in [0.25, 0.3) is 0 Å². The lowest BCUT2D eigenvalue weighted by molar-refractivity contribution is 0.413. The van der Waals surface area contributed by atoms with Crippen molar-refractivity contribution in [2.75, 3.05) is 12.8 Å². The molecule has 0 amide bonds. The molecule has 0 bridgehead atoms. The molecular formula is C10H11N3O2S. The quantitative estimate of drug-likeness (QED) is 0.829. The van der Waals surface area contributed by atoms with Crippen LogP contribution in [0.15, 0.2) is 18.2 Å². The molecule has 0 aliphatic carbocycles. The van der Waals surface area contributed by atoms with Crippen molar-refractivity contribution in [2.24, 2.45) is 0 Å². The van der Waals surface area contributed by atoms with E-state index in [1.165, 1.54) is 11.5 Å². The van der Waals surface area contributed by atoms with Crippen molar-refractivity contribution in [2.45, 2.75) is 6.92 Å². The second-order valence-corrected chi connectivity index (χ2v) is 3.83.